The number of hydrogen-bond acceptors (Lipinski definition) is 3. The number of anilines is 1. The van der Waals surface area contributed by atoms with E-state index in [1.54, 1.807) is 6.07 Å². The minimum Gasteiger partial charge on any atom is -0.369 e. The van der Waals surface area contributed by atoms with Gasteiger partial charge in [-0.1, -0.05) is 30.3 Å². The fourth-order valence-corrected chi connectivity index (χ4v) is 5.90. The molecule has 3 aliphatic rings. The highest BCUT2D eigenvalue weighted by atomic mass is 19.1. The first kappa shape index (κ1) is 20.5. The summed E-state index contributed by atoms with van der Waals surface area (Å²) in [6, 6.07) is 14.3. The first-order valence-electron chi connectivity index (χ1n) is 11.7. The summed E-state index contributed by atoms with van der Waals surface area (Å²) < 4.78 is 15.0. The van der Waals surface area contributed by atoms with Gasteiger partial charge in [-0.2, -0.15) is 0 Å². The molecule has 1 amide bonds. The minimum atomic E-state index is -0.224. The third kappa shape index (κ3) is 3.96. The number of carbonyl (C=O) groups is 1. The molecule has 0 unspecified atom stereocenters. The van der Waals surface area contributed by atoms with Crippen LogP contribution in [0.2, 0.25) is 0 Å². The average Bonchev–Trinajstić information content (AvgIpc) is 3.40. The van der Waals surface area contributed by atoms with Crippen LogP contribution in [0.15, 0.2) is 42.5 Å². The maximum absolute atomic E-state index is 15.0. The maximum Gasteiger partial charge on any atom is 0.220 e. The Hall–Kier alpha value is -2.40. The third-order valence-corrected chi connectivity index (χ3v) is 7.48. The molecule has 3 saturated heterocycles. The second kappa shape index (κ2) is 8.27. The highest BCUT2D eigenvalue weighted by molar-refractivity contribution is 5.78. The van der Waals surface area contributed by atoms with Gasteiger partial charge in [-0.3, -0.25) is 9.69 Å². The van der Waals surface area contributed by atoms with Crippen molar-refractivity contribution in [2.24, 2.45) is 0 Å². The summed E-state index contributed by atoms with van der Waals surface area (Å²) in [6.45, 7) is 6.39. The van der Waals surface area contributed by atoms with E-state index in [0.717, 1.165) is 68.7 Å². The van der Waals surface area contributed by atoms with Gasteiger partial charge >= 0.3 is 0 Å². The number of nitrogens with one attached hydrogen (secondary N) is 1. The topological polar surface area (TPSA) is 35.6 Å². The Kier molecular flexibility index (Phi) is 5.47. The lowest BCUT2D eigenvalue weighted by Gasteiger charge is -2.39. The Labute approximate surface area is 184 Å². The van der Waals surface area contributed by atoms with E-state index in [2.05, 4.69) is 46.3 Å². The zero-order valence-electron chi connectivity index (χ0n) is 18.4. The molecular formula is C26H32FN3O. The molecule has 3 heterocycles. The number of amides is 1. The summed E-state index contributed by atoms with van der Waals surface area (Å²) >= 11 is 0. The Morgan fingerprint density at radius 3 is 2.65 bits per heavy atom. The quantitative estimate of drug-likeness (QED) is 0.796. The Bertz CT molecular complexity index is 957. The molecule has 0 bridgehead atoms. The smallest absolute Gasteiger partial charge is 0.220 e. The van der Waals surface area contributed by atoms with Gasteiger partial charge in [0.1, 0.15) is 5.82 Å². The van der Waals surface area contributed by atoms with Gasteiger partial charge in [-0.15, -0.1) is 0 Å². The third-order valence-electron chi connectivity index (χ3n) is 7.48. The average molecular weight is 422 g/mol. The van der Waals surface area contributed by atoms with Crippen molar-refractivity contribution in [1.29, 1.82) is 0 Å². The molecule has 3 aliphatic heterocycles. The molecular weight excluding hydrogens is 389 g/mol. The van der Waals surface area contributed by atoms with Gasteiger partial charge < -0.3 is 10.2 Å². The van der Waals surface area contributed by atoms with E-state index in [1.807, 2.05) is 12.1 Å². The van der Waals surface area contributed by atoms with Crippen LogP contribution in [0.5, 0.6) is 0 Å². The van der Waals surface area contributed by atoms with Crippen LogP contribution in [-0.2, 0) is 11.3 Å². The summed E-state index contributed by atoms with van der Waals surface area (Å²) in [6.07, 6.45) is 4.83. The Balaban J connectivity index is 1.40. The van der Waals surface area contributed by atoms with Gasteiger partial charge in [0.25, 0.3) is 0 Å². The van der Waals surface area contributed by atoms with Crippen molar-refractivity contribution in [3.63, 3.8) is 0 Å². The van der Waals surface area contributed by atoms with Crippen molar-refractivity contribution in [2.45, 2.75) is 57.0 Å². The zero-order chi connectivity index (χ0) is 21.4. The fourth-order valence-electron chi connectivity index (χ4n) is 5.90. The fraction of sp³-hybridized carbons (Fsp3) is 0.500. The van der Waals surface area contributed by atoms with Crippen LogP contribution >= 0.6 is 0 Å². The van der Waals surface area contributed by atoms with Crippen LogP contribution in [-0.4, -0.2) is 42.5 Å². The molecule has 5 heteroatoms. The van der Waals surface area contributed by atoms with Gasteiger partial charge in [-0.25, -0.2) is 4.39 Å². The van der Waals surface area contributed by atoms with E-state index >= 15 is 0 Å². The normalized spacial score (nSPS) is 26.6. The van der Waals surface area contributed by atoms with Crippen molar-refractivity contribution >= 4 is 11.6 Å². The standard InChI is InChI=1S/C26H32FN3O/c1-19-14-24(30-12-5-6-13-30)23(27)15-21(19)16-29-17-22(20-8-3-2-4-9-20)26(18-29)11-7-10-25(31)28-26/h2-4,8-9,14-15,22H,5-7,10-13,16-18H2,1H3,(H,28,31)/t22-,26+/m0/s1. The van der Waals surface area contributed by atoms with Crippen molar-refractivity contribution in [1.82, 2.24) is 10.2 Å². The molecule has 0 radical (unpaired) electrons. The van der Waals surface area contributed by atoms with Crippen LogP contribution in [0.4, 0.5) is 10.1 Å². The number of benzene rings is 2. The lowest BCUT2D eigenvalue weighted by atomic mass is 9.76. The number of rotatable bonds is 4. The largest absolute Gasteiger partial charge is 0.369 e. The summed E-state index contributed by atoms with van der Waals surface area (Å²) in [5, 5.41) is 3.37. The van der Waals surface area contributed by atoms with Gasteiger partial charge in [0.2, 0.25) is 5.91 Å². The van der Waals surface area contributed by atoms with E-state index in [0.29, 0.717) is 13.0 Å². The summed E-state index contributed by atoms with van der Waals surface area (Å²) in [7, 11) is 0. The first-order chi connectivity index (χ1) is 15.0. The summed E-state index contributed by atoms with van der Waals surface area (Å²) in [5.41, 5.74) is 4.00. The molecule has 1 N–H and O–H groups in total. The molecule has 0 aliphatic carbocycles. The molecule has 2 aromatic rings. The number of likely N-dealkylation sites (tertiary alicyclic amines) is 1. The number of carbonyl (C=O) groups excluding carboxylic acids is 1. The molecule has 3 fully saturated rings. The van der Waals surface area contributed by atoms with Crippen molar-refractivity contribution < 1.29 is 9.18 Å². The Morgan fingerprint density at radius 2 is 1.90 bits per heavy atom. The van der Waals surface area contributed by atoms with Crippen molar-refractivity contribution in [3.8, 4) is 0 Å². The molecule has 4 nitrogen and oxygen atoms in total. The van der Waals surface area contributed by atoms with E-state index in [1.165, 1.54) is 5.56 Å². The summed E-state index contributed by atoms with van der Waals surface area (Å²) in [5.74, 6) is 0.306. The van der Waals surface area contributed by atoms with Gasteiger partial charge in [0.05, 0.1) is 11.2 Å². The second-order valence-corrected chi connectivity index (χ2v) is 9.62. The van der Waals surface area contributed by atoms with E-state index in [4.69, 9.17) is 0 Å². The molecule has 5 rings (SSSR count). The SMILES string of the molecule is Cc1cc(N2CCCC2)c(F)cc1CN1C[C@@H](c2ccccc2)[C@@]2(CCCC(=O)N2)C1. The van der Waals surface area contributed by atoms with Crippen LogP contribution in [0, 0.1) is 12.7 Å². The second-order valence-electron chi connectivity index (χ2n) is 9.62. The number of aryl methyl sites for hydroxylation is 1. The highest BCUT2D eigenvalue weighted by Gasteiger charge is 2.49. The van der Waals surface area contributed by atoms with E-state index in [-0.39, 0.29) is 23.2 Å². The molecule has 2 atom stereocenters. The van der Waals surface area contributed by atoms with E-state index in [9.17, 15) is 9.18 Å². The monoisotopic (exact) mass is 421 g/mol. The molecule has 1 spiro atoms. The molecule has 0 aromatic heterocycles. The molecule has 2 aromatic carbocycles. The van der Waals surface area contributed by atoms with E-state index < -0.39 is 0 Å². The Morgan fingerprint density at radius 1 is 1.13 bits per heavy atom. The first-order valence-corrected chi connectivity index (χ1v) is 11.7. The lowest BCUT2D eigenvalue weighted by molar-refractivity contribution is -0.125. The van der Waals surface area contributed by atoms with Gasteiger partial charge in [0, 0.05) is 45.1 Å². The van der Waals surface area contributed by atoms with Crippen LogP contribution in [0.3, 0.4) is 0 Å². The van der Waals surface area contributed by atoms with Crippen molar-refractivity contribution in [3.05, 3.63) is 65.0 Å². The molecule has 31 heavy (non-hydrogen) atoms. The van der Waals surface area contributed by atoms with Crippen molar-refractivity contribution in [2.75, 3.05) is 31.1 Å². The highest BCUT2D eigenvalue weighted by Crippen LogP contribution is 2.42. The molecule has 0 saturated carbocycles. The summed E-state index contributed by atoms with van der Waals surface area (Å²) in [4.78, 5) is 16.9. The zero-order valence-corrected chi connectivity index (χ0v) is 18.4. The number of hydrogen-bond donors (Lipinski definition) is 1. The van der Waals surface area contributed by atoms with Crippen LogP contribution in [0.1, 0.15) is 54.7 Å². The van der Waals surface area contributed by atoms with Crippen LogP contribution in [0.25, 0.3) is 0 Å². The predicted octanol–water partition coefficient (Wildman–Crippen LogP) is 4.37. The van der Waals surface area contributed by atoms with Gasteiger partial charge in [-0.05, 0) is 61.4 Å². The van der Waals surface area contributed by atoms with Gasteiger partial charge in [0.15, 0.2) is 0 Å². The number of nitrogens with zero attached hydrogens (tertiary/aromatic N) is 2. The maximum atomic E-state index is 15.0. The lowest BCUT2D eigenvalue weighted by Crippen LogP contribution is -2.56. The van der Waals surface area contributed by atoms with Crippen LogP contribution < -0.4 is 10.2 Å². The minimum absolute atomic E-state index is 0.109. The predicted molar refractivity (Wildman–Crippen MR) is 122 cm³/mol. The number of piperidine rings is 1. The number of halogens is 1. The molecule has 164 valence electrons.